The maximum absolute atomic E-state index is 13.6. The molecular weight excluding hydrogens is 366 g/mol. The van der Waals surface area contributed by atoms with Gasteiger partial charge >= 0.3 is 0 Å². The van der Waals surface area contributed by atoms with Crippen molar-refractivity contribution in [1.82, 2.24) is 0 Å². The molecule has 162 valence electrons. The molecular formula is C28H39NO. The molecule has 4 saturated carbocycles. The van der Waals surface area contributed by atoms with Crippen molar-refractivity contribution in [3.8, 4) is 0 Å². The Kier molecular flexibility index (Phi) is 4.91. The van der Waals surface area contributed by atoms with E-state index in [2.05, 4.69) is 63.2 Å². The van der Waals surface area contributed by atoms with Crippen molar-refractivity contribution in [3.63, 3.8) is 0 Å². The lowest BCUT2D eigenvalue weighted by Crippen LogP contribution is -2.52. The van der Waals surface area contributed by atoms with E-state index < -0.39 is 0 Å². The fourth-order valence-corrected chi connectivity index (χ4v) is 8.16. The summed E-state index contributed by atoms with van der Waals surface area (Å²) in [6.07, 6.45) is 14.1. The second-order valence-electron chi connectivity index (χ2n) is 11.5. The van der Waals surface area contributed by atoms with Gasteiger partial charge in [0.15, 0.2) is 5.78 Å². The Labute approximate surface area is 183 Å². The Morgan fingerprint density at radius 1 is 0.933 bits per heavy atom. The molecule has 0 aliphatic heterocycles. The van der Waals surface area contributed by atoms with Crippen LogP contribution in [0.15, 0.2) is 29.8 Å². The molecule has 0 amide bonds. The lowest BCUT2D eigenvalue weighted by Gasteiger charge is -2.59. The highest BCUT2D eigenvalue weighted by Crippen LogP contribution is 2.66. The molecule has 0 N–H and O–H groups in total. The second-order valence-corrected chi connectivity index (χ2v) is 11.5. The number of carbonyl (C=O) groups is 1. The molecule has 0 bridgehead atoms. The van der Waals surface area contributed by atoms with E-state index in [1.807, 2.05) is 0 Å². The largest absolute Gasteiger partial charge is 0.378 e. The van der Waals surface area contributed by atoms with E-state index in [1.54, 1.807) is 0 Å². The van der Waals surface area contributed by atoms with E-state index in [-0.39, 0.29) is 5.41 Å². The molecule has 0 aromatic heterocycles. The molecule has 0 unspecified atom stereocenters. The highest BCUT2D eigenvalue weighted by Gasteiger charge is 2.60. The molecule has 1 aromatic rings. The molecule has 5 rings (SSSR count). The number of nitrogens with zero attached hydrogens (tertiary/aromatic N) is 1. The normalized spacial score (nSPS) is 41.9. The van der Waals surface area contributed by atoms with Gasteiger partial charge in [0.05, 0.1) is 0 Å². The number of ketones is 1. The van der Waals surface area contributed by atoms with Crippen LogP contribution in [0.5, 0.6) is 0 Å². The molecule has 6 atom stereocenters. The minimum Gasteiger partial charge on any atom is -0.378 e. The summed E-state index contributed by atoms with van der Waals surface area (Å²) in [5.41, 5.74) is 3.90. The third-order valence-corrected chi connectivity index (χ3v) is 9.97. The predicted octanol–water partition coefficient (Wildman–Crippen LogP) is 6.75. The minimum atomic E-state index is -0.117. The van der Waals surface area contributed by atoms with Crippen molar-refractivity contribution in [2.45, 2.75) is 71.6 Å². The SMILES string of the molecule is CN(C)c1ccc(/C=C2/C[C@@H]3[C@H]4CC[C@@H]5CCCC[C@]5(C)[C@@H]4CC[C@]3(C)C2=O)cc1. The predicted molar refractivity (Wildman–Crippen MR) is 125 cm³/mol. The molecule has 30 heavy (non-hydrogen) atoms. The van der Waals surface area contributed by atoms with Crippen LogP contribution in [0.3, 0.4) is 0 Å². The van der Waals surface area contributed by atoms with Crippen LogP contribution in [0.25, 0.3) is 6.08 Å². The van der Waals surface area contributed by atoms with E-state index in [4.69, 9.17) is 0 Å². The van der Waals surface area contributed by atoms with Gasteiger partial charge in [0.1, 0.15) is 0 Å². The number of rotatable bonds is 2. The zero-order chi connectivity index (χ0) is 21.1. The molecule has 4 aliphatic rings. The average molecular weight is 406 g/mol. The fourth-order valence-electron chi connectivity index (χ4n) is 8.16. The molecule has 2 nitrogen and oxygen atoms in total. The standard InChI is InChI=1S/C28H39NO/c1-27-15-6-5-7-21(27)10-13-23-24(27)14-16-28(2)25(23)18-20(26(28)30)17-19-8-11-22(12-9-19)29(3)4/h8-9,11-12,17,21,23-25H,5-7,10,13-16,18H2,1-4H3/b20-17-/t21-,23-,24+,25+,27-,28-/m0/s1. The van der Waals surface area contributed by atoms with Crippen molar-refractivity contribution < 1.29 is 4.79 Å². The van der Waals surface area contributed by atoms with Gasteiger partial charge in [-0.2, -0.15) is 0 Å². The van der Waals surface area contributed by atoms with Crippen LogP contribution in [-0.2, 0) is 4.79 Å². The fraction of sp³-hybridized carbons (Fsp3) is 0.679. The summed E-state index contributed by atoms with van der Waals surface area (Å²) >= 11 is 0. The quantitative estimate of drug-likeness (QED) is 0.507. The van der Waals surface area contributed by atoms with E-state index in [0.29, 0.717) is 17.1 Å². The van der Waals surface area contributed by atoms with Crippen LogP contribution in [0, 0.1) is 34.5 Å². The lowest BCUT2D eigenvalue weighted by atomic mass is 9.45. The van der Waals surface area contributed by atoms with Crippen LogP contribution in [0.4, 0.5) is 5.69 Å². The summed E-state index contributed by atoms with van der Waals surface area (Å²) in [5, 5.41) is 0. The van der Waals surface area contributed by atoms with Gasteiger partial charge < -0.3 is 4.90 Å². The molecule has 1 aromatic carbocycles. The molecule has 0 heterocycles. The summed E-state index contributed by atoms with van der Waals surface area (Å²) in [7, 11) is 4.13. The first-order valence-corrected chi connectivity index (χ1v) is 12.4. The van der Waals surface area contributed by atoms with Crippen molar-refractivity contribution in [2.75, 3.05) is 19.0 Å². The number of hydrogen-bond donors (Lipinski definition) is 0. The number of anilines is 1. The van der Waals surface area contributed by atoms with Gasteiger partial charge in [-0.05, 0) is 103 Å². The summed E-state index contributed by atoms with van der Waals surface area (Å²) in [4.78, 5) is 15.7. The second kappa shape index (κ2) is 7.24. The number of hydrogen-bond acceptors (Lipinski definition) is 2. The van der Waals surface area contributed by atoms with E-state index in [1.165, 1.54) is 56.2 Å². The smallest absolute Gasteiger partial charge is 0.165 e. The van der Waals surface area contributed by atoms with Crippen LogP contribution >= 0.6 is 0 Å². The molecule has 4 aliphatic carbocycles. The average Bonchev–Trinajstić information content (AvgIpc) is 2.98. The lowest BCUT2D eigenvalue weighted by molar-refractivity contribution is -0.137. The zero-order valence-electron chi connectivity index (χ0n) is 19.4. The van der Waals surface area contributed by atoms with Gasteiger partial charge in [0.2, 0.25) is 0 Å². The number of benzene rings is 1. The molecule has 0 saturated heterocycles. The molecule has 4 fully saturated rings. The highest BCUT2D eigenvalue weighted by molar-refractivity contribution is 6.06. The van der Waals surface area contributed by atoms with Gasteiger partial charge in [-0.15, -0.1) is 0 Å². The summed E-state index contributed by atoms with van der Waals surface area (Å²) in [6, 6.07) is 8.64. The van der Waals surface area contributed by atoms with E-state index in [0.717, 1.165) is 36.2 Å². The summed E-state index contributed by atoms with van der Waals surface area (Å²) in [5.74, 6) is 3.57. The van der Waals surface area contributed by atoms with E-state index >= 15 is 0 Å². The van der Waals surface area contributed by atoms with Gasteiger partial charge in [-0.25, -0.2) is 0 Å². The Morgan fingerprint density at radius 3 is 2.43 bits per heavy atom. The minimum absolute atomic E-state index is 0.117. The Bertz CT molecular complexity index is 852. The third kappa shape index (κ3) is 3.00. The number of carbonyl (C=O) groups excluding carboxylic acids is 1. The van der Waals surface area contributed by atoms with Crippen LogP contribution in [0.1, 0.15) is 77.2 Å². The first kappa shape index (κ1) is 20.3. The van der Waals surface area contributed by atoms with Crippen molar-refractivity contribution in [3.05, 3.63) is 35.4 Å². The Hall–Kier alpha value is -1.57. The monoisotopic (exact) mass is 405 g/mol. The Morgan fingerprint density at radius 2 is 1.70 bits per heavy atom. The van der Waals surface area contributed by atoms with Crippen molar-refractivity contribution in [1.29, 1.82) is 0 Å². The van der Waals surface area contributed by atoms with Gasteiger partial charge in [0, 0.05) is 25.2 Å². The van der Waals surface area contributed by atoms with Crippen LogP contribution < -0.4 is 4.90 Å². The Balaban J connectivity index is 1.42. The van der Waals surface area contributed by atoms with Crippen LogP contribution in [-0.4, -0.2) is 19.9 Å². The maximum atomic E-state index is 13.6. The third-order valence-electron chi connectivity index (χ3n) is 9.97. The van der Waals surface area contributed by atoms with Gasteiger partial charge in [-0.3, -0.25) is 4.79 Å². The zero-order valence-corrected chi connectivity index (χ0v) is 19.4. The van der Waals surface area contributed by atoms with E-state index in [9.17, 15) is 4.79 Å². The summed E-state index contributed by atoms with van der Waals surface area (Å²) in [6.45, 7) is 4.93. The number of fused-ring (bicyclic) bond motifs is 5. The van der Waals surface area contributed by atoms with Crippen molar-refractivity contribution in [2.24, 2.45) is 34.5 Å². The first-order chi connectivity index (χ1) is 14.3. The molecule has 0 spiro atoms. The van der Waals surface area contributed by atoms with Gasteiger partial charge in [0.25, 0.3) is 0 Å². The highest BCUT2D eigenvalue weighted by atomic mass is 16.1. The maximum Gasteiger partial charge on any atom is 0.165 e. The van der Waals surface area contributed by atoms with Crippen LogP contribution in [0.2, 0.25) is 0 Å². The first-order valence-electron chi connectivity index (χ1n) is 12.4. The molecule has 2 heteroatoms. The number of allylic oxidation sites excluding steroid dienone is 1. The topological polar surface area (TPSA) is 20.3 Å². The summed E-state index contributed by atoms with van der Waals surface area (Å²) < 4.78 is 0. The van der Waals surface area contributed by atoms with Gasteiger partial charge in [-0.1, -0.05) is 38.8 Å². The van der Waals surface area contributed by atoms with Crippen molar-refractivity contribution >= 4 is 17.5 Å². The molecule has 0 radical (unpaired) electrons. The number of Topliss-reactive ketones (excluding diaryl/α,β-unsaturated/α-hetero) is 1.